The van der Waals surface area contributed by atoms with Crippen LogP contribution >= 0.6 is 0 Å². The van der Waals surface area contributed by atoms with E-state index in [-0.39, 0.29) is 14.5 Å². The quantitative estimate of drug-likeness (QED) is 0.158. The zero-order valence-corrected chi connectivity index (χ0v) is 33.0. The number of hydrogen-bond donors (Lipinski definition) is 0. The molecule has 0 bridgehead atoms. The molecule has 0 aliphatic rings. The van der Waals surface area contributed by atoms with Gasteiger partial charge in [-0.25, -0.2) is 0 Å². The van der Waals surface area contributed by atoms with Crippen molar-refractivity contribution in [2.45, 2.75) is 0 Å². The molecule has 9 aromatic carbocycles. The molecule has 58 heavy (non-hydrogen) atoms. The first-order chi connectivity index (χ1) is 28.8. The van der Waals surface area contributed by atoms with Gasteiger partial charge in [0.25, 0.3) is 0 Å². The summed E-state index contributed by atoms with van der Waals surface area (Å²) in [5, 5.41) is 10.3. The molecule has 0 atom stereocenters. The summed E-state index contributed by atoms with van der Waals surface area (Å²) < 4.78 is 10.3. The summed E-state index contributed by atoms with van der Waals surface area (Å²) in [4.78, 5) is 0. The maximum absolute atomic E-state index is 2.52. The summed E-state index contributed by atoms with van der Waals surface area (Å²) in [6.45, 7) is 0. The van der Waals surface area contributed by atoms with Gasteiger partial charge in [0.05, 0.1) is 11.0 Å². The molecule has 0 spiro atoms. The van der Waals surface area contributed by atoms with Crippen molar-refractivity contribution in [3.63, 3.8) is 0 Å². The number of para-hydroxylation sites is 4. The van der Waals surface area contributed by atoms with Crippen molar-refractivity contribution in [1.82, 2.24) is 13.7 Å². The van der Waals surface area contributed by atoms with E-state index in [9.17, 15) is 0 Å². The van der Waals surface area contributed by atoms with Crippen LogP contribution in [0, 0.1) is 0 Å². The van der Waals surface area contributed by atoms with Crippen molar-refractivity contribution >= 4 is 99.2 Å². The molecule has 13 rings (SSSR count). The Labute approximate surface area is 339 Å². The molecule has 13 aromatic rings. The molecule has 0 saturated heterocycles. The van der Waals surface area contributed by atoms with Crippen LogP contribution in [0.3, 0.4) is 0 Å². The van der Waals surface area contributed by atoms with Crippen molar-refractivity contribution in [2.24, 2.45) is 0 Å². The molecule has 0 saturated carbocycles. The standard InChI is InChI=1S/C54H33N3Se/c1-2-14-34(15-3-1)37-20-12-26-51-53(37)54-50(25-13-27-52(54)58-51)57-47-24-11-7-19-41(47)43-33-36(29-31-49(43)57)56-46-23-10-6-18-40(46)42-32-35(28-30-48(42)56)55-44-21-8-4-16-38(44)39-17-5-9-22-45(39)55/h1-33H. The van der Waals surface area contributed by atoms with Crippen molar-refractivity contribution in [3.8, 4) is 28.2 Å². The Morgan fingerprint density at radius 3 is 1.29 bits per heavy atom. The molecule has 0 N–H and O–H groups in total. The number of rotatable bonds is 4. The van der Waals surface area contributed by atoms with E-state index in [4.69, 9.17) is 0 Å². The minimum atomic E-state index is 0.231. The van der Waals surface area contributed by atoms with Gasteiger partial charge < -0.3 is 4.57 Å². The summed E-state index contributed by atoms with van der Waals surface area (Å²) in [5.41, 5.74) is 13.4. The van der Waals surface area contributed by atoms with Crippen LogP contribution in [0.25, 0.3) is 113 Å². The molecule has 4 aromatic heterocycles. The molecule has 0 unspecified atom stereocenters. The molecule has 0 fully saturated rings. The van der Waals surface area contributed by atoms with Crippen LogP contribution in [0.4, 0.5) is 0 Å². The average Bonchev–Trinajstić information content (AvgIpc) is 4.03. The Balaban J connectivity index is 1.05. The number of fused-ring (bicyclic) bond motifs is 12. The molecule has 4 heteroatoms. The van der Waals surface area contributed by atoms with Crippen LogP contribution in [-0.2, 0) is 0 Å². The summed E-state index contributed by atoms with van der Waals surface area (Å²) >= 11 is 0.231. The number of hydrogen-bond acceptors (Lipinski definition) is 0. The van der Waals surface area contributed by atoms with E-state index in [1.165, 1.54) is 107 Å². The van der Waals surface area contributed by atoms with E-state index in [1.54, 1.807) is 0 Å². The van der Waals surface area contributed by atoms with E-state index >= 15 is 0 Å². The van der Waals surface area contributed by atoms with Crippen LogP contribution in [0.15, 0.2) is 200 Å². The molecule has 0 amide bonds. The van der Waals surface area contributed by atoms with E-state index in [0.29, 0.717) is 0 Å². The Morgan fingerprint density at radius 2 is 0.724 bits per heavy atom. The monoisotopic (exact) mass is 803 g/mol. The zero-order valence-electron chi connectivity index (χ0n) is 31.3. The van der Waals surface area contributed by atoms with Crippen molar-refractivity contribution in [3.05, 3.63) is 200 Å². The van der Waals surface area contributed by atoms with Gasteiger partial charge in [0.15, 0.2) is 0 Å². The summed E-state index contributed by atoms with van der Waals surface area (Å²) in [6.07, 6.45) is 0. The number of benzene rings is 9. The van der Waals surface area contributed by atoms with E-state index < -0.39 is 0 Å². The topological polar surface area (TPSA) is 14.8 Å². The van der Waals surface area contributed by atoms with Gasteiger partial charge in [-0.1, -0.05) is 42.5 Å². The van der Waals surface area contributed by atoms with Gasteiger partial charge in [-0.3, -0.25) is 0 Å². The molecular weight excluding hydrogens is 770 g/mol. The fourth-order valence-electron chi connectivity index (χ4n) is 9.83. The van der Waals surface area contributed by atoms with Gasteiger partial charge in [-0.2, -0.15) is 0 Å². The summed E-state index contributed by atoms with van der Waals surface area (Å²) in [6, 6.07) is 74.0. The zero-order chi connectivity index (χ0) is 37.9. The predicted octanol–water partition coefficient (Wildman–Crippen LogP) is 14.0. The molecule has 0 radical (unpaired) electrons. The normalized spacial score (nSPS) is 12.1. The van der Waals surface area contributed by atoms with Crippen LogP contribution in [0.1, 0.15) is 0 Å². The van der Waals surface area contributed by atoms with Crippen molar-refractivity contribution < 1.29 is 0 Å². The van der Waals surface area contributed by atoms with Crippen molar-refractivity contribution in [2.75, 3.05) is 0 Å². The van der Waals surface area contributed by atoms with E-state index in [0.717, 1.165) is 5.69 Å². The van der Waals surface area contributed by atoms with E-state index in [1.807, 2.05) is 0 Å². The Kier molecular flexibility index (Phi) is 6.74. The average molecular weight is 803 g/mol. The second kappa shape index (κ2) is 12.2. The van der Waals surface area contributed by atoms with Crippen molar-refractivity contribution in [1.29, 1.82) is 0 Å². The Hall–Kier alpha value is -7.10. The second-order valence-corrected chi connectivity index (χ2v) is 17.5. The Morgan fingerprint density at radius 1 is 0.293 bits per heavy atom. The molecule has 4 heterocycles. The molecule has 3 nitrogen and oxygen atoms in total. The van der Waals surface area contributed by atoms with Crippen LogP contribution in [0.5, 0.6) is 0 Å². The number of aromatic nitrogens is 3. The third-order valence-electron chi connectivity index (χ3n) is 12.2. The van der Waals surface area contributed by atoms with E-state index in [2.05, 4.69) is 214 Å². The molecule has 0 aliphatic carbocycles. The third kappa shape index (κ3) is 4.44. The van der Waals surface area contributed by atoms with Gasteiger partial charge in [0.1, 0.15) is 0 Å². The molecule has 0 aliphatic heterocycles. The van der Waals surface area contributed by atoms with Crippen LogP contribution < -0.4 is 0 Å². The number of nitrogens with zero attached hydrogens (tertiary/aromatic N) is 3. The third-order valence-corrected chi connectivity index (χ3v) is 14.6. The van der Waals surface area contributed by atoms with Gasteiger partial charge >= 0.3 is 255 Å². The minimum absolute atomic E-state index is 0.231. The van der Waals surface area contributed by atoms with Crippen LogP contribution in [0.2, 0.25) is 0 Å². The molecule has 270 valence electrons. The van der Waals surface area contributed by atoms with Gasteiger partial charge in [0.2, 0.25) is 0 Å². The first kappa shape index (κ1) is 32.0. The SMILES string of the molecule is c1ccc(-c2cccc3[se]c4cccc(-n5c6ccccc6c6cc(-n7c8ccccc8c8cc(-n9c%10ccccc%10c%10ccccc%109)ccc87)ccc65)c4c23)cc1. The first-order valence-corrected chi connectivity index (χ1v) is 21.6. The second-order valence-electron chi connectivity index (χ2n) is 15.3. The first-order valence-electron chi connectivity index (χ1n) is 19.9. The fraction of sp³-hybridized carbons (Fsp3) is 0. The summed E-state index contributed by atoms with van der Waals surface area (Å²) in [5.74, 6) is 0. The predicted molar refractivity (Wildman–Crippen MR) is 247 cm³/mol. The van der Waals surface area contributed by atoms with Gasteiger partial charge in [0, 0.05) is 16.5 Å². The van der Waals surface area contributed by atoms with Gasteiger partial charge in [-0.05, 0) is 12.1 Å². The van der Waals surface area contributed by atoms with Gasteiger partial charge in [-0.15, -0.1) is 0 Å². The molecular formula is C54H33N3Se. The maximum atomic E-state index is 2.52. The fourth-order valence-corrected chi connectivity index (χ4v) is 12.3. The van der Waals surface area contributed by atoms with Crippen LogP contribution in [-0.4, -0.2) is 28.2 Å². The summed E-state index contributed by atoms with van der Waals surface area (Å²) in [7, 11) is 0. The Bertz CT molecular complexity index is 3750.